The Morgan fingerprint density at radius 1 is 1.04 bits per heavy atom. The number of hydrogen-bond donors (Lipinski definition) is 0. The topological polar surface area (TPSA) is 21.6 Å². The Balaban J connectivity index is 2.13. The zero-order valence-corrected chi connectivity index (χ0v) is 13.2. The lowest BCUT2D eigenvalue weighted by Gasteiger charge is -2.11. The van der Waals surface area contributed by atoms with Gasteiger partial charge in [0, 0.05) is 5.56 Å². The molecule has 0 bridgehead atoms. The molecule has 0 unspecified atom stereocenters. The summed E-state index contributed by atoms with van der Waals surface area (Å²) >= 11 is 0. The van der Waals surface area contributed by atoms with E-state index in [1.165, 1.54) is 6.07 Å². The third kappa shape index (κ3) is 4.34. The maximum atomic E-state index is 13.0. The Morgan fingerprint density at radius 2 is 1.70 bits per heavy atom. The van der Waals surface area contributed by atoms with Gasteiger partial charge in [-0.25, -0.2) is 0 Å². The van der Waals surface area contributed by atoms with Crippen LogP contribution >= 0.6 is 0 Å². The number of oxime groups is 1. The van der Waals surface area contributed by atoms with E-state index >= 15 is 0 Å². The molecule has 0 spiro atoms. The monoisotopic (exact) mass is 321 g/mol. The van der Waals surface area contributed by atoms with Gasteiger partial charge in [0.1, 0.15) is 6.61 Å². The van der Waals surface area contributed by atoms with Crippen LogP contribution in [0.4, 0.5) is 13.2 Å². The summed E-state index contributed by atoms with van der Waals surface area (Å²) in [5.74, 6) is 0. The number of benzene rings is 2. The van der Waals surface area contributed by atoms with Crippen LogP contribution in [0.3, 0.4) is 0 Å². The third-order valence-corrected chi connectivity index (χ3v) is 3.63. The standard InChI is InChI=1S/C18H18F3NO/c1-12-7-8-15(17(9-12)18(19,20)21)10-22-23-11-16-13(2)5-4-6-14(16)3/h4-10H,11H2,1-3H3/b22-10+. The van der Waals surface area contributed by atoms with Crippen LogP contribution in [-0.2, 0) is 17.6 Å². The highest BCUT2D eigenvalue weighted by molar-refractivity contribution is 5.81. The molecule has 0 fully saturated rings. The summed E-state index contributed by atoms with van der Waals surface area (Å²) in [6.45, 7) is 5.75. The summed E-state index contributed by atoms with van der Waals surface area (Å²) < 4.78 is 39.0. The van der Waals surface area contributed by atoms with Gasteiger partial charge >= 0.3 is 6.18 Å². The van der Waals surface area contributed by atoms with Crippen LogP contribution in [-0.4, -0.2) is 6.21 Å². The second-order valence-electron chi connectivity index (χ2n) is 5.47. The molecule has 2 aromatic carbocycles. The number of halogens is 3. The Morgan fingerprint density at radius 3 is 2.30 bits per heavy atom. The fourth-order valence-corrected chi connectivity index (χ4v) is 2.30. The van der Waals surface area contributed by atoms with Crippen LogP contribution in [0.1, 0.15) is 33.4 Å². The van der Waals surface area contributed by atoms with Crippen molar-refractivity contribution in [2.45, 2.75) is 33.6 Å². The molecule has 0 N–H and O–H groups in total. The SMILES string of the molecule is Cc1ccc(/C=N/OCc2c(C)cccc2C)c(C(F)(F)F)c1. The zero-order valence-electron chi connectivity index (χ0n) is 13.2. The molecule has 2 aromatic rings. The van der Waals surface area contributed by atoms with E-state index in [4.69, 9.17) is 4.84 Å². The number of nitrogens with zero attached hydrogens (tertiary/aromatic N) is 1. The molecule has 0 aliphatic heterocycles. The number of alkyl halides is 3. The summed E-state index contributed by atoms with van der Waals surface area (Å²) in [6.07, 6.45) is -3.31. The van der Waals surface area contributed by atoms with Crippen molar-refractivity contribution in [1.82, 2.24) is 0 Å². The molecule has 2 rings (SSSR count). The van der Waals surface area contributed by atoms with E-state index in [0.717, 1.165) is 29.0 Å². The molecule has 2 nitrogen and oxygen atoms in total. The maximum absolute atomic E-state index is 13.0. The first-order chi connectivity index (χ1) is 10.8. The molecule has 122 valence electrons. The van der Waals surface area contributed by atoms with E-state index < -0.39 is 11.7 Å². The maximum Gasteiger partial charge on any atom is 0.417 e. The lowest BCUT2D eigenvalue weighted by atomic mass is 10.0. The van der Waals surface area contributed by atoms with E-state index in [0.29, 0.717) is 5.56 Å². The fourth-order valence-electron chi connectivity index (χ4n) is 2.30. The Kier molecular flexibility index (Phi) is 5.08. The molecule has 0 heterocycles. The first-order valence-corrected chi connectivity index (χ1v) is 7.17. The van der Waals surface area contributed by atoms with Crippen molar-refractivity contribution in [1.29, 1.82) is 0 Å². The van der Waals surface area contributed by atoms with Crippen LogP contribution < -0.4 is 0 Å². The Labute approximate surface area is 133 Å². The van der Waals surface area contributed by atoms with Crippen molar-refractivity contribution in [3.05, 3.63) is 69.8 Å². The van der Waals surface area contributed by atoms with E-state index in [1.54, 1.807) is 13.0 Å². The van der Waals surface area contributed by atoms with Gasteiger partial charge in [0.2, 0.25) is 0 Å². The first-order valence-electron chi connectivity index (χ1n) is 7.17. The predicted molar refractivity (Wildman–Crippen MR) is 84.5 cm³/mol. The van der Waals surface area contributed by atoms with Crippen LogP contribution in [0.5, 0.6) is 0 Å². The van der Waals surface area contributed by atoms with Crippen molar-refractivity contribution in [3.8, 4) is 0 Å². The zero-order chi connectivity index (χ0) is 17.0. The minimum atomic E-state index is -4.42. The molecule has 0 radical (unpaired) electrons. The lowest BCUT2D eigenvalue weighted by Crippen LogP contribution is -2.09. The highest BCUT2D eigenvalue weighted by atomic mass is 19.4. The summed E-state index contributed by atoms with van der Waals surface area (Å²) in [6, 6.07) is 9.96. The van der Waals surface area contributed by atoms with E-state index in [-0.39, 0.29) is 12.2 Å². The quantitative estimate of drug-likeness (QED) is 0.561. The van der Waals surface area contributed by atoms with Gasteiger partial charge in [0.15, 0.2) is 0 Å². The van der Waals surface area contributed by atoms with Crippen molar-refractivity contribution < 1.29 is 18.0 Å². The second kappa shape index (κ2) is 6.86. The molecular formula is C18H18F3NO. The van der Waals surface area contributed by atoms with Gasteiger partial charge in [-0.1, -0.05) is 41.1 Å². The van der Waals surface area contributed by atoms with Crippen molar-refractivity contribution in [2.75, 3.05) is 0 Å². The molecule has 0 atom stereocenters. The third-order valence-electron chi connectivity index (χ3n) is 3.63. The largest absolute Gasteiger partial charge is 0.417 e. The van der Waals surface area contributed by atoms with Gasteiger partial charge in [-0.2, -0.15) is 13.2 Å². The molecule has 0 saturated carbocycles. The average molecular weight is 321 g/mol. The number of rotatable bonds is 4. The van der Waals surface area contributed by atoms with Crippen LogP contribution in [0.15, 0.2) is 41.6 Å². The molecule has 0 amide bonds. The predicted octanol–water partition coefficient (Wildman–Crippen LogP) is 5.18. The number of hydrogen-bond acceptors (Lipinski definition) is 2. The average Bonchev–Trinajstić information content (AvgIpc) is 2.46. The highest BCUT2D eigenvalue weighted by Gasteiger charge is 2.33. The lowest BCUT2D eigenvalue weighted by molar-refractivity contribution is -0.137. The molecule has 0 aliphatic rings. The first kappa shape index (κ1) is 17.1. The van der Waals surface area contributed by atoms with E-state index in [1.807, 2.05) is 32.0 Å². The minimum absolute atomic E-state index is 0.00962. The minimum Gasteiger partial charge on any atom is -0.391 e. The molecule has 23 heavy (non-hydrogen) atoms. The summed E-state index contributed by atoms with van der Waals surface area (Å²) in [5.41, 5.74) is 2.94. The molecule has 0 aliphatic carbocycles. The van der Waals surface area contributed by atoms with Gasteiger partial charge in [-0.15, -0.1) is 0 Å². The summed E-state index contributed by atoms with van der Waals surface area (Å²) in [5, 5.41) is 3.70. The smallest absolute Gasteiger partial charge is 0.391 e. The van der Waals surface area contributed by atoms with Gasteiger partial charge in [-0.05, 0) is 43.5 Å². The van der Waals surface area contributed by atoms with Crippen molar-refractivity contribution in [2.24, 2.45) is 5.16 Å². The fraction of sp³-hybridized carbons (Fsp3) is 0.278. The van der Waals surface area contributed by atoms with Crippen LogP contribution in [0, 0.1) is 20.8 Å². The van der Waals surface area contributed by atoms with Crippen molar-refractivity contribution in [3.63, 3.8) is 0 Å². The van der Waals surface area contributed by atoms with E-state index in [9.17, 15) is 13.2 Å². The summed E-state index contributed by atoms with van der Waals surface area (Å²) in [4.78, 5) is 5.19. The summed E-state index contributed by atoms with van der Waals surface area (Å²) in [7, 11) is 0. The number of aryl methyl sites for hydroxylation is 3. The van der Waals surface area contributed by atoms with Gasteiger partial charge < -0.3 is 4.84 Å². The molecular weight excluding hydrogens is 303 g/mol. The molecule has 5 heteroatoms. The van der Waals surface area contributed by atoms with Crippen molar-refractivity contribution >= 4 is 6.21 Å². The van der Waals surface area contributed by atoms with E-state index in [2.05, 4.69) is 5.16 Å². The highest BCUT2D eigenvalue weighted by Crippen LogP contribution is 2.32. The second-order valence-corrected chi connectivity index (χ2v) is 5.47. The van der Waals surface area contributed by atoms with Crippen LogP contribution in [0.2, 0.25) is 0 Å². The molecule has 0 aromatic heterocycles. The normalized spacial score (nSPS) is 11.9. The molecule has 0 saturated heterocycles. The Bertz CT molecular complexity index is 700. The van der Waals surface area contributed by atoms with Gasteiger partial charge in [-0.3, -0.25) is 0 Å². The van der Waals surface area contributed by atoms with Gasteiger partial charge in [0.25, 0.3) is 0 Å². The Hall–Kier alpha value is -2.30. The van der Waals surface area contributed by atoms with Crippen LogP contribution in [0.25, 0.3) is 0 Å². The van der Waals surface area contributed by atoms with Gasteiger partial charge in [0.05, 0.1) is 11.8 Å².